The summed E-state index contributed by atoms with van der Waals surface area (Å²) in [6, 6.07) is 9.87. The second kappa shape index (κ2) is 15.2. The van der Waals surface area contributed by atoms with Crippen molar-refractivity contribution in [2.45, 2.75) is 45.1 Å². The number of halogens is 1. The molecular formula is C31H34ClN9O5. The Bertz CT molecular complexity index is 1720. The number of hydrogen-bond donors (Lipinski definition) is 4. The molecule has 1 aliphatic heterocycles. The number of aromatic nitrogens is 6. The fourth-order valence-corrected chi connectivity index (χ4v) is 5.28. The number of aromatic amines is 1. The van der Waals surface area contributed by atoms with E-state index in [-0.39, 0.29) is 18.2 Å². The lowest BCUT2D eigenvalue weighted by molar-refractivity contribution is -0.117. The summed E-state index contributed by atoms with van der Waals surface area (Å²) in [7, 11) is 1.29. The molecule has 0 aliphatic carbocycles. The Labute approximate surface area is 269 Å². The molecule has 240 valence electrons. The molecule has 0 saturated carbocycles. The molecule has 14 nitrogen and oxygen atoms in total. The van der Waals surface area contributed by atoms with Crippen LogP contribution in [-0.2, 0) is 14.3 Å². The van der Waals surface area contributed by atoms with Gasteiger partial charge >= 0.3 is 12.1 Å². The fraction of sp³-hybridized carbons (Fsp3) is 0.323. The molecule has 0 spiro atoms. The zero-order valence-corrected chi connectivity index (χ0v) is 26.1. The number of methoxy groups -OCH3 is 1. The highest BCUT2D eigenvalue weighted by atomic mass is 35.5. The van der Waals surface area contributed by atoms with Gasteiger partial charge in [0, 0.05) is 40.1 Å². The highest BCUT2D eigenvalue weighted by Gasteiger charge is 2.26. The Morgan fingerprint density at radius 3 is 2.76 bits per heavy atom. The molecular weight excluding hydrogens is 614 g/mol. The van der Waals surface area contributed by atoms with Crippen LogP contribution < -0.4 is 16.0 Å². The van der Waals surface area contributed by atoms with Crippen molar-refractivity contribution in [1.29, 1.82) is 0 Å². The maximum absolute atomic E-state index is 13.3. The number of amides is 2. The number of rotatable bonds is 7. The molecule has 2 bridgehead atoms. The Morgan fingerprint density at radius 1 is 1.13 bits per heavy atom. The lowest BCUT2D eigenvalue weighted by Gasteiger charge is -2.16. The zero-order chi connectivity index (χ0) is 32.5. The van der Waals surface area contributed by atoms with Crippen molar-refractivity contribution in [3.05, 3.63) is 70.9 Å². The van der Waals surface area contributed by atoms with Crippen LogP contribution in [0.3, 0.4) is 0 Å². The average molecular weight is 648 g/mol. The van der Waals surface area contributed by atoms with E-state index in [1.165, 1.54) is 24.2 Å². The highest BCUT2D eigenvalue weighted by molar-refractivity contribution is 6.30. The standard InChI is InChI=1S/C31H34ClN9O5/c1-3-46-30(43)28-27-22-12-11-21(35-31(44)45-2)17-24(22)33-15-7-5-4-6-8-23(29(37-27)38-28)36-26(42)14-9-19-16-20(32)10-13-25(19)41-18-34-39-40-41/h9-14,16-18,23,33H,3-8,15H2,1-2H3,(H,35,44)(H,36,42)(H,37,38)/b14-9+/t23-/m0/s1. The van der Waals surface area contributed by atoms with E-state index in [1.54, 1.807) is 49.4 Å². The molecule has 1 atom stereocenters. The van der Waals surface area contributed by atoms with E-state index in [2.05, 4.69) is 36.5 Å². The normalized spacial score (nSPS) is 15.0. The molecule has 1 aliphatic rings. The van der Waals surface area contributed by atoms with Crippen molar-refractivity contribution in [3.8, 4) is 16.9 Å². The molecule has 0 saturated heterocycles. The van der Waals surface area contributed by atoms with Crippen molar-refractivity contribution in [3.63, 3.8) is 0 Å². The van der Waals surface area contributed by atoms with E-state index >= 15 is 0 Å². The van der Waals surface area contributed by atoms with E-state index < -0.39 is 18.1 Å². The molecule has 15 heteroatoms. The lowest BCUT2D eigenvalue weighted by Crippen LogP contribution is -2.28. The third-order valence-electron chi connectivity index (χ3n) is 7.29. The fourth-order valence-electron chi connectivity index (χ4n) is 5.10. The summed E-state index contributed by atoms with van der Waals surface area (Å²) in [6.07, 6.45) is 8.09. The summed E-state index contributed by atoms with van der Waals surface area (Å²) in [5, 5.41) is 20.9. The predicted octanol–water partition coefficient (Wildman–Crippen LogP) is 5.31. The number of esters is 1. The number of nitrogens with zero attached hydrogens (tertiary/aromatic N) is 5. The van der Waals surface area contributed by atoms with Crippen molar-refractivity contribution in [2.75, 3.05) is 30.9 Å². The van der Waals surface area contributed by atoms with Gasteiger partial charge in [0.15, 0.2) is 5.69 Å². The molecule has 0 radical (unpaired) electrons. The quantitative estimate of drug-likeness (QED) is 0.152. The van der Waals surface area contributed by atoms with Gasteiger partial charge in [-0.15, -0.1) is 5.10 Å². The van der Waals surface area contributed by atoms with Crippen molar-refractivity contribution < 1.29 is 23.9 Å². The molecule has 46 heavy (non-hydrogen) atoms. The Morgan fingerprint density at radius 2 is 1.98 bits per heavy atom. The van der Waals surface area contributed by atoms with E-state index in [1.807, 2.05) is 0 Å². The van der Waals surface area contributed by atoms with Crippen LogP contribution in [-0.4, -0.2) is 68.4 Å². The summed E-state index contributed by atoms with van der Waals surface area (Å²) in [5.41, 5.74) is 3.61. The third-order valence-corrected chi connectivity index (χ3v) is 7.52. The number of anilines is 2. The van der Waals surface area contributed by atoms with E-state index in [9.17, 15) is 14.4 Å². The first-order valence-corrected chi connectivity index (χ1v) is 15.3. The first-order valence-electron chi connectivity index (χ1n) is 14.9. The minimum Gasteiger partial charge on any atom is -0.461 e. The summed E-state index contributed by atoms with van der Waals surface area (Å²) in [6.45, 7) is 2.56. The van der Waals surface area contributed by atoms with Crippen molar-refractivity contribution in [2.24, 2.45) is 0 Å². The number of nitrogens with one attached hydrogen (secondary N) is 4. The molecule has 2 aromatic carbocycles. The maximum Gasteiger partial charge on any atom is 0.411 e. The smallest absolute Gasteiger partial charge is 0.411 e. The lowest BCUT2D eigenvalue weighted by atomic mass is 10.1. The van der Waals surface area contributed by atoms with Gasteiger partial charge < -0.3 is 25.1 Å². The topological polar surface area (TPSA) is 178 Å². The monoisotopic (exact) mass is 647 g/mol. The number of benzene rings is 2. The van der Waals surface area contributed by atoms with Crippen molar-refractivity contribution >= 4 is 47.0 Å². The Balaban J connectivity index is 1.48. The van der Waals surface area contributed by atoms with E-state index in [0.29, 0.717) is 57.7 Å². The van der Waals surface area contributed by atoms with Gasteiger partial charge in [-0.3, -0.25) is 10.1 Å². The number of carbonyl (C=O) groups is 3. The number of ether oxygens (including phenoxy) is 2. The van der Waals surface area contributed by atoms with Gasteiger partial charge in [-0.2, -0.15) is 4.68 Å². The van der Waals surface area contributed by atoms with Gasteiger partial charge in [-0.05, 0) is 72.7 Å². The molecule has 3 heterocycles. The minimum atomic E-state index is -0.603. The van der Waals surface area contributed by atoms with Gasteiger partial charge in [0.25, 0.3) is 0 Å². The Kier molecular flexibility index (Phi) is 10.6. The van der Waals surface area contributed by atoms with Crippen LogP contribution in [0.25, 0.3) is 23.0 Å². The van der Waals surface area contributed by atoms with Crippen LogP contribution in [0.5, 0.6) is 0 Å². The van der Waals surface area contributed by atoms with E-state index in [0.717, 1.165) is 25.7 Å². The molecule has 2 amide bonds. The van der Waals surface area contributed by atoms with Gasteiger partial charge in [0.05, 0.1) is 25.4 Å². The summed E-state index contributed by atoms with van der Waals surface area (Å²) < 4.78 is 11.6. The second-order valence-corrected chi connectivity index (χ2v) is 10.9. The van der Waals surface area contributed by atoms with Gasteiger partial charge in [-0.25, -0.2) is 14.6 Å². The number of tetrazole rings is 1. The third kappa shape index (κ3) is 7.88. The zero-order valence-electron chi connectivity index (χ0n) is 25.4. The van der Waals surface area contributed by atoms with Gasteiger partial charge in [0.2, 0.25) is 5.91 Å². The highest BCUT2D eigenvalue weighted by Crippen LogP contribution is 2.34. The molecule has 4 aromatic rings. The summed E-state index contributed by atoms with van der Waals surface area (Å²) in [4.78, 5) is 46.3. The first-order chi connectivity index (χ1) is 22.4. The van der Waals surface area contributed by atoms with E-state index in [4.69, 9.17) is 26.1 Å². The molecule has 0 unspecified atom stereocenters. The Hall–Kier alpha value is -5.24. The van der Waals surface area contributed by atoms with Crippen LogP contribution in [0, 0.1) is 0 Å². The van der Waals surface area contributed by atoms with Gasteiger partial charge in [-0.1, -0.05) is 30.9 Å². The first kappa shape index (κ1) is 32.2. The number of H-pyrrole nitrogens is 1. The molecule has 2 aromatic heterocycles. The second-order valence-electron chi connectivity index (χ2n) is 10.4. The number of fused-ring (bicyclic) bond motifs is 4. The number of imidazole rings is 1. The summed E-state index contributed by atoms with van der Waals surface area (Å²) >= 11 is 6.24. The minimum absolute atomic E-state index is 0.158. The van der Waals surface area contributed by atoms with Crippen LogP contribution in [0.1, 0.15) is 66.9 Å². The van der Waals surface area contributed by atoms with Crippen LogP contribution in [0.15, 0.2) is 48.8 Å². The van der Waals surface area contributed by atoms with Crippen LogP contribution in [0.4, 0.5) is 16.2 Å². The van der Waals surface area contributed by atoms with Crippen molar-refractivity contribution in [1.82, 2.24) is 35.5 Å². The van der Waals surface area contributed by atoms with Crippen LogP contribution >= 0.6 is 11.6 Å². The number of carbonyl (C=O) groups excluding carboxylic acids is 3. The largest absolute Gasteiger partial charge is 0.461 e. The van der Waals surface area contributed by atoms with Gasteiger partial charge in [0.1, 0.15) is 17.8 Å². The number of hydrogen-bond acceptors (Lipinski definition) is 10. The molecule has 5 rings (SSSR count). The summed E-state index contributed by atoms with van der Waals surface area (Å²) in [5.74, 6) is -0.529. The van der Waals surface area contributed by atoms with Crippen LogP contribution in [0.2, 0.25) is 5.02 Å². The molecule has 0 fully saturated rings. The SMILES string of the molecule is CCOC(=O)c1[nH]c2nc1-c1ccc(NC(=O)OC)cc1NCCCCCC[C@@H]2NC(=O)/C=C/c1cc(Cl)ccc1-n1cnnn1. The molecule has 4 N–H and O–H groups in total. The maximum atomic E-state index is 13.3. The average Bonchev–Trinajstić information content (AvgIpc) is 3.74. The predicted molar refractivity (Wildman–Crippen MR) is 172 cm³/mol.